The minimum absolute atomic E-state index is 0.0391. The van der Waals surface area contributed by atoms with Gasteiger partial charge in [-0.1, -0.05) is 43.3 Å². The molecular weight excluding hydrogens is 483 g/mol. The Labute approximate surface area is 221 Å². The van der Waals surface area contributed by atoms with Crippen molar-refractivity contribution in [2.45, 2.75) is 52.3 Å². The first-order valence-corrected chi connectivity index (χ1v) is 13.1. The summed E-state index contributed by atoms with van der Waals surface area (Å²) in [7, 11) is 0. The van der Waals surface area contributed by atoms with Crippen LogP contribution in [-0.2, 0) is 24.3 Å². The number of aryl methyl sites for hydroxylation is 2. The van der Waals surface area contributed by atoms with Crippen LogP contribution in [0.3, 0.4) is 0 Å². The third kappa shape index (κ3) is 5.56. The van der Waals surface area contributed by atoms with Gasteiger partial charge in [0.05, 0.1) is 12.3 Å². The molecule has 198 valence electrons. The number of ether oxygens (including phenoxy) is 1. The van der Waals surface area contributed by atoms with Crippen LogP contribution in [0.2, 0.25) is 0 Å². The number of amides is 1. The monoisotopic (exact) mass is 516 g/mol. The van der Waals surface area contributed by atoms with E-state index in [0.29, 0.717) is 17.8 Å². The fourth-order valence-electron chi connectivity index (χ4n) is 5.10. The number of carbonyl (C=O) groups is 1. The molecular formula is C30H33FN4O3. The van der Waals surface area contributed by atoms with E-state index < -0.39 is 6.09 Å². The number of nitrogens with zero attached hydrogens (tertiary/aromatic N) is 3. The molecule has 8 heteroatoms. The van der Waals surface area contributed by atoms with Crippen molar-refractivity contribution < 1.29 is 19.0 Å². The number of halogens is 1. The van der Waals surface area contributed by atoms with Gasteiger partial charge in [0.25, 0.3) is 0 Å². The second-order valence-corrected chi connectivity index (χ2v) is 9.84. The summed E-state index contributed by atoms with van der Waals surface area (Å²) in [5.74, 6) is 0.247. The summed E-state index contributed by atoms with van der Waals surface area (Å²) < 4.78 is 20.4. The number of carbonyl (C=O) groups excluding carboxylic acids is 1. The summed E-state index contributed by atoms with van der Waals surface area (Å²) in [5, 5.41) is 12.5. The lowest BCUT2D eigenvalue weighted by molar-refractivity contribution is 0.153. The fraction of sp³-hybridized carbons (Fsp3) is 0.333. The van der Waals surface area contributed by atoms with Gasteiger partial charge in [-0.05, 0) is 78.7 Å². The van der Waals surface area contributed by atoms with Crippen molar-refractivity contribution in [2.75, 3.05) is 18.5 Å². The molecule has 0 saturated carbocycles. The summed E-state index contributed by atoms with van der Waals surface area (Å²) in [6.07, 6.45) is 4.21. The van der Waals surface area contributed by atoms with Gasteiger partial charge in [0.2, 0.25) is 0 Å². The zero-order valence-corrected chi connectivity index (χ0v) is 21.8. The molecule has 4 aromatic rings. The molecule has 1 atom stereocenters. The minimum Gasteiger partial charge on any atom is -0.444 e. The maximum Gasteiger partial charge on any atom is 0.413 e. The van der Waals surface area contributed by atoms with E-state index in [1.165, 1.54) is 17.7 Å². The van der Waals surface area contributed by atoms with Gasteiger partial charge in [-0.25, -0.2) is 14.2 Å². The van der Waals surface area contributed by atoms with Crippen molar-refractivity contribution in [2.24, 2.45) is 0 Å². The van der Waals surface area contributed by atoms with Gasteiger partial charge in [-0.3, -0.25) is 14.6 Å². The molecule has 2 aromatic heterocycles. The molecule has 1 aliphatic rings. The quantitative estimate of drug-likeness (QED) is 0.313. The Bertz CT molecular complexity index is 1420. The Hall–Kier alpha value is -3.75. The molecule has 0 spiro atoms. The van der Waals surface area contributed by atoms with Crippen LogP contribution in [0.5, 0.6) is 0 Å². The summed E-state index contributed by atoms with van der Waals surface area (Å²) in [6.45, 7) is 6.10. The number of fused-ring (bicyclic) bond motifs is 1. The number of nitrogens with one attached hydrogen (secondary N) is 1. The normalized spacial score (nSPS) is 15.7. The number of pyridine rings is 1. The van der Waals surface area contributed by atoms with Gasteiger partial charge in [-0.2, -0.15) is 0 Å². The molecule has 0 aliphatic carbocycles. The average molecular weight is 517 g/mol. The molecule has 7 nitrogen and oxygen atoms in total. The van der Waals surface area contributed by atoms with Crippen LogP contribution in [0.1, 0.15) is 42.1 Å². The zero-order chi connectivity index (χ0) is 26.6. The topological polar surface area (TPSA) is 79.1 Å². The number of aliphatic hydroxyl groups is 1. The smallest absolute Gasteiger partial charge is 0.413 e. The van der Waals surface area contributed by atoms with Crippen molar-refractivity contribution in [1.29, 1.82) is 0 Å². The fourth-order valence-corrected chi connectivity index (χ4v) is 5.10. The molecule has 1 aliphatic heterocycles. The van der Waals surface area contributed by atoms with E-state index in [9.17, 15) is 14.3 Å². The number of likely N-dealkylation sites (tertiary alicyclic amines) is 1. The molecule has 2 N–H and O–H groups in total. The predicted octanol–water partition coefficient (Wildman–Crippen LogP) is 5.72. The Morgan fingerprint density at radius 3 is 2.58 bits per heavy atom. The lowest BCUT2D eigenvalue weighted by atomic mass is 10.0. The van der Waals surface area contributed by atoms with Gasteiger partial charge >= 0.3 is 6.09 Å². The zero-order valence-electron chi connectivity index (χ0n) is 21.8. The number of imidazole rings is 1. The highest BCUT2D eigenvalue weighted by Gasteiger charge is 2.23. The Kier molecular flexibility index (Phi) is 7.72. The highest BCUT2D eigenvalue weighted by molar-refractivity contribution is 5.85. The minimum atomic E-state index is -0.596. The van der Waals surface area contributed by atoms with Crippen LogP contribution in [0, 0.1) is 12.7 Å². The number of hydrogen-bond acceptors (Lipinski definition) is 5. The maximum atomic E-state index is 13.1. The van der Waals surface area contributed by atoms with E-state index in [1.807, 2.05) is 24.4 Å². The van der Waals surface area contributed by atoms with Crippen molar-refractivity contribution in [3.05, 3.63) is 89.0 Å². The third-order valence-corrected chi connectivity index (χ3v) is 7.20. The molecule has 0 bridgehead atoms. The number of hydrogen-bond donors (Lipinski definition) is 2. The third-order valence-electron chi connectivity index (χ3n) is 7.20. The summed E-state index contributed by atoms with van der Waals surface area (Å²) in [5.41, 5.74) is 6.54. The first kappa shape index (κ1) is 25.9. The largest absolute Gasteiger partial charge is 0.444 e. The standard InChI is InChI=1S/C30H33FN4O3/c1-3-27-29(33-30(37)38-19-22-8-12-25(31)13-9-22)35-17-24(15-20(2)28(35)32-27)23-10-6-21(7-11-23)16-34-14-4-5-26(34)18-36/h6-13,15,17,26,36H,3-5,14,16,18-19H2,1-2H3,(H,33,37)/t26-/m0/s1. The van der Waals surface area contributed by atoms with Crippen LogP contribution in [0.25, 0.3) is 16.8 Å². The van der Waals surface area contributed by atoms with E-state index in [4.69, 9.17) is 9.72 Å². The first-order valence-electron chi connectivity index (χ1n) is 13.1. The number of aromatic nitrogens is 2. The second kappa shape index (κ2) is 11.3. The van der Waals surface area contributed by atoms with Crippen LogP contribution < -0.4 is 5.32 Å². The maximum absolute atomic E-state index is 13.1. The van der Waals surface area contributed by atoms with Crippen LogP contribution in [0.4, 0.5) is 15.0 Å². The predicted molar refractivity (Wildman–Crippen MR) is 145 cm³/mol. The molecule has 1 fully saturated rings. The number of aliphatic hydroxyl groups excluding tert-OH is 1. The highest BCUT2D eigenvalue weighted by Crippen LogP contribution is 2.28. The van der Waals surface area contributed by atoms with Gasteiger partial charge in [0.15, 0.2) is 0 Å². The summed E-state index contributed by atoms with van der Waals surface area (Å²) in [4.78, 5) is 19.8. The number of benzene rings is 2. The summed E-state index contributed by atoms with van der Waals surface area (Å²) in [6, 6.07) is 16.7. The second-order valence-electron chi connectivity index (χ2n) is 9.84. The average Bonchev–Trinajstić information content (AvgIpc) is 3.53. The van der Waals surface area contributed by atoms with E-state index in [-0.39, 0.29) is 25.1 Å². The van der Waals surface area contributed by atoms with Crippen molar-refractivity contribution in [1.82, 2.24) is 14.3 Å². The molecule has 3 heterocycles. The SMILES string of the molecule is CCc1nc2c(C)cc(-c3ccc(CN4CCC[C@H]4CO)cc3)cn2c1NC(=O)OCc1ccc(F)cc1. The molecule has 5 rings (SSSR count). The van der Waals surface area contributed by atoms with E-state index >= 15 is 0 Å². The number of rotatable bonds is 8. The lowest BCUT2D eigenvalue weighted by Crippen LogP contribution is -2.31. The van der Waals surface area contributed by atoms with Crippen LogP contribution >= 0.6 is 0 Å². The lowest BCUT2D eigenvalue weighted by Gasteiger charge is -2.22. The first-order chi connectivity index (χ1) is 18.4. The highest BCUT2D eigenvalue weighted by atomic mass is 19.1. The van der Waals surface area contributed by atoms with Crippen molar-refractivity contribution in [3.63, 3.8) is 0 Å². The van der Waals surface area contributed by atoms with Gasteiger partial charge < -0.3 is 9.84 Å². The van der Waals surface area contributed by atoms with Gasteiger partial charge in [0, 0.05) is 18.8 Å². The van der Waals surface area contributed by atoms with Crippen LogP contribution in [-0.4, -0.2) is 44.7 Å². The molecule has 1 amide bonds. The summed E-state index contributed by atoms with van der Waals surface area (Å²) >= 11 is 0. The number of anilines is 1. The molecule has 0 unspecified atom stereocenters. The van der Waals surface area contributed by atoms with Gasteiger partial charge in [0.1, 0.15) is 23.9 Å². The van der Waals surface area contributed by atoms with E-state index in [1.54, 1.807) is 12.1 Å². The Morgan fingerprint density at radius 1 is 1.13 bits per heavy atom. The molecule has 2 aromatic carbocycles. The van der Waals surface area contributed by atoms with Crippen LogP contribution in [0.15, 0.2) is 60.8 Å². The molecule has 1 saturated heterocycles. The van der Waals surface area contributed by atoms with Gasteiger partial charge in [-0.15, -0.1) is 0 Å². The van der Waals surface area contributed by atoms with Crippen molar-refractivity contribution >= 4 is 17.6 Å². The van der Waals surface area contributed by atoms with E-state index in [2.05, 4.69) is 40.5 Å². The van der Waals surface area contributed by atoms with E-state index in [0.717, 1.165) is 54.0 Å². The van der Waals surface area contributed by atoms with Crippen molar-refractivity contribution in [3.8, 4) is 11.1 Å². The molecule has 38 heavy (non-hydrogen) atoms. The Morgan fingerprint density at radius 2 is 1.87 bits per heavy atom. The molecule has 0 radical (unpaired) electrons. The Balaban J connectivity index is 1.36.